The Morgan fingerprint density at radius 1 is 1.24 bits per heavy atom. The Hall–Kier alpha value is -1.11. The van der Waals surface area contributed by atoms with Crippen LogP contribution in [0, 0.1) is 0 Å². The number of hydrogen-bond donors (Lipinski definition) is 2. The number of sulfonamides is 1. The molecule has 1 aliphatic carbocycles. The zero-order valence-corrected chi connectivity index (χ0v) is 13.4. The van der Waals surface area contributed by atoms with E-state index >= 15 is 0 Å². The fourth-order valence-electron chi connectivity index (χ4n) is 2.25. The molecule has 0 radical (unpaired) electrons. The maximum absolute atomic E-state index is 12.1. The van der Waals surface area contributed by atoms with E-state index in [0.717, 1.165) is 44.5 Å². The van der Waals surface area contributed by atoms with Gasteiger partial charge in [-0.25, -0.2) is 13.1 Å². The van der Waals surface area contributed by atoms with Crippen LogP contribution in [0.4, 0.5) is 5.69 Å². The number of hydrogen-bond acceptors (Lipinski definition) is 4. The maximum Gasteiger partial charge on any atom is 0.240 e. The molecule has 0 saturated heterocycles. The van der Waals surface area contributed by atoms with Gasteiger partial charge in [0.1, 0.15) is 0 Å². The summed E-state index contributed by atoms with van der Waals surface area (Å²) in [5.74, 6) is 0. The van der Waals surface area contributed by atoms with Crippen LogP contribution >= 0.6 is 0 Å². The second-order valence-electron chi connectivity index (χ2n) is 5.52. The van der Waals surface area contributed by atoms with Gasteiger partial charge in [-0.1, -0.05) is 6.92 Å². The minimum Gasteiger partial charge on any atom is -0.371 e. The van der Waals surface area contributed by atoms with Crippen molar-refractivity contribution >= 4 is 15.7 Å². The van der Waals surface area contributed by atoms with E-state index in [0.29, 0.717) is 11.4 Å². The summed E-state index contributed by atoms with van der Waals surface area (Å²) in [5.41, 5.74) is 6.62. The molecule has 21 heavy (non-hydrogen) atoms. The summed E-state index contributed by atoms with van der Waals surface area (Å²) < 4.78 is 26.9. The molecule has 2 rings (SSSR count). The number of anilines is 1. The average Bonchev–Trinajstić information content (AvgIpc) is 3.27. The molecule has 0 unspecified atom stereocenters. The van der Waals surface area contributed by atoms with Crippen LogP contribution in [0.3, 0.4) is 0 Å². The summed E-state index contributed by atoms with van der Waals surface area (Å²) in [7, 11) is -3.36. The molecular weight excluding hydrogens is 286 g/mol. The SMILES string of the molecule is CCCN(CCCN)c1ccc(S(=O)(=O)NC2CC2)cc1. The van der Waals surface area contributed by atoms with E-state index in [1.54, 1.807) is 12.1 Å². The van der Waals surface area contributed by atoms with Gasteiger partial charge in [-0.05, 0) is 56.5 Å². The number of nitrogens with two attached hydrogens (primary N) is 1. The normalized spacial score (nSPS) is 15.1. The van der Waals surface area contributed by atoms with Crippen LogP contribution in [0.2, 0.25) is 0 Å². The average molecular weight is 311 g/mol. The number of benzene rings is 1. The molecule has 1 saturated carbocycles. The van der Waals surface area contributed by atoms with Crippen molar-refractivity contribution < 1.29 is 8.42 Å². The first-order valence-electron chi connectivity index (χ1n) is 7.64. The number of rotatable bonds is 9. The van der Waals surface area contributed by atoms with Gasteiger partial charge in [0.25, 0.3) is 0 Å². The third-order valence-corrected chi connectivity index (χ3v) is 5.07. The summed E-state index contributed by atoms with van der Waals surface area (Å²) in [6.45, 7) is 4.65. The predicted octanol–water partition coefficient (Wildman–Crippen LogP) is 1.69. The molecule has 1 aromatic rings. The number of nitrogens with zero attached hydrogens (tertiary/aromatic N) is 1. The molecule has 1 aromatic carbocycles. The minimum absolute atomic E-state index is 0.135. The molecule has 118 valence electrons. The molecule has 6 heteroatoms. The van der Waals surface area contributed by atoms with E-state index in [1.165, 1.54) is 0 Å². The van der Waals surface area contributed by atoms with Gasteiger partial charge in [0.15, 0.2) is 0 Å². The van der Waals surface area contributed by atoms with Crippen molar-refractivity contribution in [2.75, 3.05) is 24.5 Å². The fraction of sp³-hybridized carbons (Fsp3) is 0.600. The van der Waals surface area contributed by atoms with Gasteiger partial charge in [0, 0.05) is 24.8 Å². The van der Waals surface area contributed by atoms with E-state index in [2.05, 4.69) is 16.5 Å². The Morgan fingerprint density at radius 3 is 2.43 bits per heavy atom. The molecule has 0 heterocycles. The van der Waals surface area contributed by atoms with E-state index < -0.39 is 10.0 Å². The molecule has 0 atom stereocenters. The zero-order chi connectivity index (χ0) is 15.3. The molecule has 0 aliphatic heterocycles. The molecular formula is C15H25N3O2S. The second kappa shape index (κ2) is 7.24. The summed E-state index contributed by atoms with van der Waals surface area (Å²) in [6, 6.07) is 7.27. The van der Waals surface area contributed by atoms with Crippen molar-refractivity contribution in [3.8, 4) is 0 Å². The third kappa shape index (κ3) is 4.69. The van der Waals surface area contributed by atoms with Crippen LogP contribution in [-0.2, 0) is 10.0 Å². The molecule has 0 bridgehead atoms. The van der Waals surface area contributed by atoms with E-state index in [9.17, 15) is 8.42 Å². The molecule has 0 spiro atoms. The summed E-state index contributed by atoms with van der Waals surface area (Å²) >= 11 is 0. The predicted molar refractivity (Wildman–Crippen MR) is 86.0 cm³/mol. The smallest absolute Gasteiger partial charge is 0.240 e. The molecule has 1 fully saturated rings. The minimum atomic E-state index is -3.36. The maximum atomic E-state index is 12.1. The fourth-order valence-corrected chi connectivity index (χ4v) is 3.55. The van der Waals surface area contributed by atoms with Gasteiger partial charge in [-0.2, -0.15) is 0 Å². The molecule has 0 amide bonds. The van der Waals surface area contributed by atoms with Crippen molar-refractivity contribution in [3.63, 3.8) is 0 Å². The Balaban J connectivity index is 2.08. The van der Waals surface area contributed by atoms with Crippen LogP contribution in [-0.4, -0.2) is 34.1 Å². The second-order valence-corrected chi connectivity index (χ2v) is 7.23. The quantitative estimate of drug-likeness (QED) is 0.728. The first kappa shape index (κ1) is 16.3. The van der Waals surface area contributed by atoms with E-state index in [-0.39, 0.29) is 6.04 Å². The van der Waals surface area contributed by atoms with Gasteiger partial charge < -0.3 is 10.6 Å². The van der Waals surface area contributed by atoms with Gasteiger partial charge in [0.05, 0.1) is 4.90 Å². The van der Waals surface area contributed by atoms with Crippen molar-refractivity contribution in [1.82, 2.24) is 4.72 Å². The van der Waals surface area contributed by atoms with E-state index in [4.69, 9.17) is 5.73 Å². The Bertz CT molecular complexity index is 539. The largest absolute Gasteiger partial charge is 0.371 e. The van der Waals surface area contributed by atoms with Crippen molar-refractivity contribution in [2.45, 2.75) is 43.5 Å². The Kier molecular flexibility index (Phi) is 5.61. The van der Waals surface area contributed by atoms with Crippen molar-refractivity contribution in [2.24, 2.45) is 5.73 Å². The highest BCUT2D eigenvalue weighted by atomic mass is 32.2. The Morgan fingerprint density at radius 2 is 1.90 bits per heavy atom. The first-order chi connectivity index (χ1) is 10.1. The lowest BCUT2D eigenvalue weighted by molar-refractivity contribution is 0.581. The topological polar surface area (TPSA) is 75.4 Å². The van der Waals surface area contributed by atoms with Crippen LogP contribution in [0.15, 0.2) is 29.2 Å². The summed E-state index contributed by atoms with van der Waals surface area (Å²) in [5, 5.41) is 0. The monoisotopic (exact) mass is 311 g/mol. The van der Waals surface area contributed by atoms with Crippen LogP contribution in [0.1, 0.15) is 32.6 Å². The third-order valence-electron chi connectivity index (χ3n) is 3.54. The standard InChI is InChI=1S/C15H25N3O2S/c1-2-11-18(12-3-10-16)14-6-8-15(9-7-14)21(19,20)17-13-4-5-13/h6-9,13,17H,2-5,10-12,16H2,1H3. The number of nitrogens with one attached hydrogen (secondary N) is 1. The summed E-state index contributed by atoms with van der Waals surface area (Å²) in [6.07, 6.45) is 3.87. The lowest BCUT2D eigenvalue weighted by atomic mass is 10.2. The lowest BCUT2D eigenvalue weighted by Gasteiger charge is -2.24. The lowest BCUT2D eigenvalue weighted by Crippen LogP contribution is -2.27. The van der Waals surface area contributed by atoms with Gasteiger partial charge in [-0.3, -0.25) is 0 Å². The Labute approximate surface area is 127 Å². The van der Waals surface area contributed by atoms with Crippen molar-refractivity contribution in [3.05, 3.63) is 24.3 Å². The first-order valence-corrected chi connectivity index (χ1v) is 9.12. The highest BCUT2D eigenvalue weighted by molar-refractivity contribution is 7.89. The van der Waals surface area contributed by atoms with Gasteiger partial charge >= 0.3 is 0 Å². The van der Waals surface area contributed by atoms with Crippen LogP contribution < -0.4 is 15.4 Å². The molecule has 5 nitrogen and oxygen atoms in total. The molecule has 3 N–H and O–H groups in total. The van der Waals surface area contributed by atoms with Crippen LogP contribution in [0.25, 0.3) is 0 Å². The van der Waals surface area contributed by atoms with Crippen LogP contribution in [0.5, 0.6) is 0 Å². The molecule has 1 aliphatic rings. The zero-order valence-electron chi connectivity index (χ0n) is 12.6. The van der Waals surface area contributed by atoms with E-state index in [1.807, 2.05) is 12.1 Å². The highest BCUT2D eigenvalue weighted by Crippen LogP contribution is 2.23. The highest BCUT2D eigenvalue weighted by Gasteiger charge is 2.27. The van der Waals surface area contributed by atoms with Crippen molar-refractivity contribution in [1.29, 1.82) is 0 Å². The molecule has 0 aromatic heterocycles. The van der Waals surface area contributed by atoms with Gasteiger partial charge in [-0.15, -0.1) is 0 Å². The van der Waals surface area contributed by atoms with Gasteiger partial charge in [0.2, 0.25) is 10.0 Å². The summed E-state index contributed by atoms with van der Waals surface area (Å²) in [4.78, 5) is 2.59.